The van der Waals surface area contributed by atoms with Crippen molar-refractivity contribution in [2.45, 2.75) is 25.4 Å². The van der Waals surface area contributed by atoms with E-state index in [0.29, 0.717) is 6.10 Å². The van der Waals surface area contributed by atoms with Crippen LogP contribution in [0.5, 0.6) is 5.75 Å². The zero-order valence-electron chi connectivity index (χ0n) is 10.6. The molecule has 1 aliphatic rings. The summed E-state index contributed by atoms with van der Waals surface area (Å²) in [6.07, 6.45) is 3.63. The second kappa shape index (κ2) is 6.40. The van der Waals surface area contributed by atoms with Crippen LogP contribution in [0.15, 0.2) is 24.3 Å². The maximum absolute atomic E-state index is 11.0. The quantitative estimate of drug-likeness (QED) is 0.861. The van der Waals surface area contributed by atoms with Crippen molar-refractivity contribution in [1.29, 1.82) is 0 Å². The molecular weight excluding hydrogens is 230 g/mol. The summed E-state index contributed by atoms with van der Waals surface area (Å²) in [4.78, 5) is 11.0. The summed E-state index contributed by atoms with van der Waals surface area (Å²) in [6, 6.07) is 7.85. The molecule has 1 saturated heterocycles. The summed E-state index contributed by atoms with van der Waals surface area (Å²) >= 11 is 0. The number of ether oxygens (including phenoxy) is 2. The van der Waals surface area contributed by atoms with Crippen LogP contribution in [0.3, 0.4) is 0 Å². The van der Waals surface area contributed by atoms with Crippen LogP contribution in [0.4, 0.5) is 0 Å². The summed E-state index contributed by atoms with van der Waals surface area (Å²) in [5, 5.41) is 2.51. The average molecular weight is 249 g/mol. The number of nitrogens with one attached hydrogen (secondary N) is 1. The van der Waals surface area contributed by atoms with Crippen molar-refractivity contribution < 1.29 is 14.3 Å². The smallest absolute Gasteiger partial charge is 0.257 e. The lowest BCUT2D eigenvalue weighted by Gasteiger charge is -2.10. The SMILES string of the molecule is CNC(=O)COc1ccc(CC2CCCO2)cc1. The first-order valence-corrected chi connectivity index (χ1v) is 6.32. The van der Waals surface area contributed by atoms with E-state index in [9.17, 15) is 4.79 Å². The molecule has 1 amide bonds. The number of likely N-dealkylation sites (N-methyl/N-ethyl adjacent to an activating group) is 1. The lowest BCUT2D eigenvalue weighted by atomic mass is 10.1. The van der Waals surface area contributed by atoms with Gasteiger partial charge in [0.1, 0.15) is 5.75 Å². The topological polar surface area (TPSA) is 47.6 Å². The van der Waals surface area contributed by atoms with E-state index in [-0.39, 0.29) is 12.5 Å². The summed E-state index contributed by atoms with van der Waals surface area (Å²) in [6.45, 7) is 0.944. The second-order valence-corrected chi connectivity index (χ2v) is 4.44. The summed E-state index contributed by atoms with van der Waals surface area (Å²) < 4.78 is 10.9. The Balaban J connectivity index is 1.82. The Labute approximate surface area is 107 Å². The summed E-state index contributed by atoms with van der Waals surface area (Å²) in [5.41, 5.74) is 1.24. The normalized spacial score (nSPS) is 18.6. The molecule has 1 atom stereocenters. The number of benzene rings is 1. The van der Waals surface area contributed by atoms with Crippen molar-refractivity contribution in [3.05, 3.63) is 29.8 Å². The van der Waals surface area contributed by atoms with Crippen LogP contribution in [0.2, 0.25) is 0 Å². The van der Waals surface area contributed by atoms with E-state index in [1.54, 1.807) is 7.05 Å². The van der Waals surface area contributed by atoms with Crippen molar-refractivity contribution >= 4 is 5.91 Å². The Kier molecular flexibility index (Phi) is 4.59. The highest BCUT2D eigenvalue weighted by Gasteiger charge is 2.15. The molecule has 98 valence electrons. The number of amides is 1. The standard InChI is InChI=1S/C14H19NO3/c1-15-14(16)10-18-12-6-4-11(5-7-12)9-13-3-2-8-17-13/h4-7,13H,2-3,8-10H2,1H3,(H,15,16). The van der Waals surface area contributed by atoms with E-state index in [4.69, 9.17) is 9.47 Å². The summed E-state index contributed by atoms with van der Waals surface area (Å²) in [5.74, 6) is 0.591. The third-order valence-electron chi connectivity index (χ3n) is 3.06. The molecule has 0 radical (unpaired) electrons. The molecule has 4 heteroatoms. The molecule has 1 aromatic rings. The van der Waals surface area contributed by atoms with Gasteiger partial charge in [0.05, 0.1) is 6.10 Å². The molecular formula is C14H19NO3. The molecule has 1 aromatic carbocycles. The lowest BCUT2D eigenvalue weighted by molar-refractivity contribution is -0.122. The Morgan fingerprint density at radius 1 is 1.44 bits per heavy atom. The van der Waals surface area contributed by atoms with Gasteiger partial charge < -0.3 is 14.8 Å². The van der Waals surface area contributed by atoms with Gasteiger partial charge in [0.25, 0.3) is 5.91 Å². The van der Waals surface area contributed by atoms with E-state index in [2.05, 4.69) is 5.32 Å². The predicted octanol–water partition coefficient (Wildman–Crippen LogP) is 1.53. The molecule has 0 aliphatic carbocycles. The molecule has 1 N–H and O–H groups in total. The van der Waals surface area contributed by atoms with Gasteiger partial charge in [0.2, 0.25) is 0 Å². The first-order chi connectivity index (χ1) is 8.78. The molecule has 1 aliphatic heterocycles. The monoisotopic (exact) mass is 249 g/mol. The fraction of sp³-hybridized carbons (Fsp3) is 0.500. The highest BCUT2D eigenvalue weighted by Crippen LogP contribution is 2.19. The van der Waals surface area contributed by atoms with Crippen molar-refractivity contribution in [2.75, 3.05) is 20.3 Å². The molecule has 0 bridgehead atoms. The maximum atomic E-state index is 11.0. The van der Waals surface area contributed by atoms with Crippen LogP contribution in [0.25, 0.3) is 0 Å². The average Bonchev–Trinajstić information content (AvgIpc) is 2.90. The van der Waals surface area contributed by atoms with Crippen LogP contribution >= 0.6 is 0 Å². The van der Waals surface area contributed by atoms with Gasteiger partial charge in [0.15, 0.2) is 6.61 Å². The molecule has 0 spiro atoms. The molecule has 18 heavy (non-hydrogen) atoms. The Morgan fingerprint density at radius 2 is 2.22 bits per heavy atom. The van der Waals surface area contributed by atoms with Crippen molar-refractivity contribution in [3.63, 3.8) is 0 Å². The molecule has 0 aromatic heterocycles. The van der Waals surface area contributed by atoms with Gasteiger partial charge in [-0.15, -0.1) is 0 Å². The number of carbonyl (C=O) groups excluding carboxylic acids is 1. The Morgan fingerprint density at radius 3 is 2.83 bits per heavy atom. The second-order valence-electron chi connectivity index (χ2n) is 4.44. The van der Waals surface area contributed by atoms with Crippen molar-refractivity contribution in [2.24, 2.45) is 0 Å². The van der Waals surface area contributed by atoms with Crippen LogP contribution in [-0.4, -0.2) is 32.3 Å². The number of rotatable bonds is 5. The fourth-order valence-corrected chi connectivity index (χ4v) is 2.01. The number of carbonyl (C=O) groups is 1. The van der Waals surface area contributed by atoms with Crippen LogP contribution in [0.1, 0.15) is 18.4 Å². The molecule has 2 rings (SSSR count). The third-order valence-corrected chi connectivity index (χ3v) is 3.06. The van der Waals surface area contributed by atoms with E-state index in [1.165, 1.54) is 5.56 Å². The molecule has 1 heterocycles. The zero-order valence-corrected chi connectivity index (χ0v) is 10.6. The van der Waals surface area contributed by atoms with Crippen LogP contribution in [0, 0.1) is 0 Å². The Bertz CT molecular complexity index is 383. The highest BCUT2D eigenvalue weighted by molar-refractivity contribution is 5.77. The minimum absolute atomic E-state index is 0.0571. The van der Waals surface area contributed by atoms with Gasteiger partial charge in [-0.2, -0.15) is 0 Å². The third kappa shape index (κ3) is 3.74. The maximum Gasteiger partial charge on any atom is 0.257 e. The van der Waals surface area contributed by atoms with E-state index >= 15 is 0 Å². The highest BCUT2D eigenvalue weighted by atomic mass is 16.5. The van der Waals surface area contributed by atoms with Gasteiger partial charge in [0, 0.05) is 13.7 Å². The van der Waals surface area contributed by atoms with Crippen molar-refractivity contribution in [1.82, 2.24) is 5.32 Å². The first kappa shape index (κ1) is 12.9. The first-order valence-electron chi connectivity index (χ1n) is 6.32. The van der Waals surface area contributed by atoms with Gasteiger partial charge in [-0.05, 0) is 37.0 Å². The molecule has 0 saturated carbocycles. The summed E-state index contributed by atoms with van der Waals surface area (Å²) in [7, 11) is 1.59. The predicted molar refractivity (Wildman–Crippen MR) is 68.7 cm³/mol. The van der Waals surface area contributed by atoms with Gasteiger partial charge in [-0.1, -0.05) is 12.1 Å². The lowest BCUT2D eigenvalue weighted by Crippen LogP contribution is -2.24. The molecule has 1 unspecified atom stereocenters. The minimum Gasteiger partial charge on any atom is -0.484 e. The molecule has 4 nitrogen and oxygen atoms in total. The largest absolute Gasteiger partial charge is 0.484 e. The fourth-order valence-electron chi connectivity index (χ4n) is 2.01. The Hall–Kier alpha value is -1.55. The van der Waals surface area contributed by atoms with Gasteiger partial charge >= 0.3 is 0 Å². The van der Waals surface area contributed by atoms with Crippen LogP contribution < -0.4 is 10.1 Å². The van der Waals surface area contributed by atoms with E-state index in [1.807, 2.05) is 24.3 Å². The van der Waals surface area contributed by atoms with E-state index in [0.717, 1.165) is 31.6 Å². The minimum atomic E-state index is -0.126. The van der Waals surface area contributed by atoms with Gasteiger partial charge in [-0.25, -0.2) is 0 Å². The zero-order chi connectivity index (χ0) is 12.8. The van der Waals surface area contributed by atoms with E-state index < -0.39 is 0 Å². The van der Waals surface area contributed by atoms with Gasteiger partial charge in [-0.3, -0.25) is 4.79 Å². The number of hydrogen-bond acceptors (Lipinski definition) is 3. The number of hydrogen-bond donors (Lipinski definition) is 1. The molecule has 1 fully saturated rings. The van der Waals surface area contributed by atoms with Crippen LogP contribution in [-0.2, 0) is 16.0 Å². The van der Waals surface area contributed by atoms with Crippen molar-refractivity contribution in [3.8, 4) is 5.75 Å².